The molecule has 1 amide bonds. The topological polar surface area (TPSA) is 55.1 Å². The molecule has 0 spiro atoms. The van der Waals surface area contributed by atoms with Gasteiger partial charge in [0, 0.05) is 0 Å². The van der Waals surface area contributed by atoms with Crippen LogP contribution in [0.3, 0.4) is 0 Å². The van der Waals surface area contributed by atoms with Crippen LogP contribution in [-0.2, 0) is 4.79 Å². The van der Waals surface area contributed by atoms with E-state index >= 15 is 0 Å². The maximum absolute atomic E-state index is 11.1. The minimum Gasteiger partial charge on any atom is -0.368 e. The van der Waals surface area contributed by atoms with Crippen LogP contribution in [0, 0.1) is 5.92 Å². The number of rotatable bonds is 4. The second kappa shape index (κ2) is 2.73. The summed E-state index contributed by atoms with van der Waals surface area (Å²) in [6, 6.07) is 0. The van der Waals surface area contributed by atoms with Crippen molar-refractivity contribution in [3.63, 3.8) is 0 Å². The highest BCUT2D eigenvalue weighted by atomic mass is 16.1. The first-order valence-electron chi connectivity index (χ1n) is 4.78. The van der Waals surface area contributed by atoms with Crippen LogP contribution in [0.2, 0.25) is 0 Å². The molecule has 2 aliphatic carbocycles. The number of carbonyl (C=O) groups excluding carboxylic acids is 1. The maximum Gasteiger partial charge on any atom is 0.237 e. The summed E-state index contributed by atoms with van der Waals surface area (Å²) >= 11 is 0. The minimum absolute atomic E-state index is 0.158. The second-order valence-electron chi connectivity index (χ2n) is 4.12. The molecule has 0 aromatic rings. The van der Waals surface area contributed by atoms with Crippen LogP contribution in [0.4, 0.5) is 0 Å². The molecule has 0 aromatic carbocycles. The van der Waals surface area contributed by atoms with E-state index in [4.69, 9.17) is 5.73 Å². The normalized spacial score (nSPS) is 26.3. The Kier molecular flexibility index (Phi) is 1.83. The van der Waals surface area contributed by atoms with Gasteiger partial charge in [-0.2, -0.15) is 0 Å². The number of hydrogen-bond acceptors (Lipinski definition) is 2. The van der Waals surface area contributed by atoms with E-state index in [2.05, 4.69) is 5.32 Å². The van der Waals surface area contributed by atoms with Crippen LogP contribution in [0.25, 0.3) is 0 Å². The highest BCUT2D eigenvalue weighted by molar-refractivity contribution is 5.85. The first-order valence-corrected chi connectivity index (χ1v) is 4.78. The fourth-order valence-corrected chi connectivity index (χ4v) is 1.70. The van der Waals surface area contributed by atoms with E-state index in [1.54, 1.807) is 0 Å². The summed E-state index contributed by atoms with van der Waals surface area (Å²) in [4.78, 5) is 11.1. The predicted octanol–water partition coefficient (Wildman–Crippen LogP) is 0.394. The molecule has 0 bridgehead atoms. The molecule has 0 unspecified atom stereocenters. The van der Waals surface area contributed by atoms with Crippen molar-refractivity contribution < 1.29 is 4.79 Å². The first-order chi connectivity index (χ1) is 5.73. The van der Waals surface area contributed by atoms with Crippen LogP contribution < -0.4 is 11.1 Å². The first kappa shape index (κ1) is 8.05. The molecule has 0 heterocycles. The highest BCUT2D eigenvalue weighted by Gasteiger charge is 2.42. The van der Waals surface area contributed by atoms with Crippen LogP contribution in [0.15, 0.2) is 0 Å². The van der Waals surface area contributed by atoms with Gasteiger partial charge in [0.05, 0.1) is 5.54 Å². The summed E-state index contributed by atoms with van der Waals surface area (Å²) in [5.41, 5.74) is 5.02. The van der Waals surface area contributed by atoms with Gasteiger partial charge < -0.3 is 11.1 Å². The monoisotopic (exact) mass is 168 g/mol. The number of nitrogens with one attached hydrogen (secondary N) is 1. The zero-order chi connectivity index (χ0) is 8.60. The third kappa shape index (κ3) is 1.33. The molecule has 2 fully saturated rings. The Balaban J connectivity index is 1.84. The largest absolute Gasteiger partial charge is 0.368 e. The lowest BCUT2D eigenvalue weighted by molar-refractivity contribution is -0.127. The molecule has 2 saturated carbocycles. The summed E-state index contributed by atoms with van der Waals surface area (Å²) in [7, 11) is 0. The summed E-state index contributed by atoms with van der Waals surface area (Å²) in [5.74, 6) is 0.663. The van der Waals surface area contributed by atoms with E-state index in [-0.39, 0.29) is 11.4 Å². The number of amides is 1. The van der Waals surface area contributed by atoms with Gasteiger partial charge >= 0.3 is 0 Å². The third-order valence-electron chi connectivity index (χ3n) is 3.10. The molecular weight excluding hydrogens is 152 g/mol. The lowest BCUT2D eigenvalue weighted by Crippen LogP contribution is -2.60. The van der Waals surface area contributed by atoms with E-state index in [1.807, 2.05) is 0 Å². The molecule has 12 heavy (non-hydrogen) atoms. The van der Waals surface area contributed by atoms with Gasteiger partial charge in [-0.1, -0.05) is 0 Å². The summed E-state index contributed by atoms with van der Waals surface area (Å²) < 4.78 is 0. The molecule has 3 nitrogen and oxygen atoms in total. The van der Waals surface area contributed by atoms with Gasteiger partial charge in [-0.3, -0.25) is 4.79 Å². The Morgan fingerprint density at radius 1 is 1.50 bits per heavy atom. The number of hydrogen-bond donors (Lipinski definition) is 2. The SMILES string of the molecule is NC(=O)C1(NCC2CC2)CCC1. The van der Waals surface area contributed by atoms with E-state index < -0.39 is 0 Å². The zero-order valence-electron chi connectivity index (χ0n) is 7.31. The summed E-state index contributed by atoms with van der Waals surface area (Å²) in [6.45, 7) is 0.989. The molecule has 0 aromatic heterocycles. The molecule has 2 aliphatic rings. The highest BCUT2D eigenvalue weighted by Crippen LogP contribution is 2.34. The average Bonchev–Trinajstić information content (AvgIpc) is 2.67. The molecule has 0 aliphatic heterocycles. The van der Waals surface area contributed by atoms with Gasteiger partial charge in [-0.15, -0.1) is 0 Å². The quantitative estimate of drug-likeness (QED) is 0.638. The van der Waals surface area contributed by atoms with Crippen molar-refractivity contribution in [1.82, 2.24) is 5.32 Å². The van der Waals surface area contributed by atoms with Crippen molar-refractivity contribution >= 4 is 5.91 Å². The molecule has 3 heteroatoms. The van der Waals surface area contributed by atoms with Crippen LogP contribution >= 0.6 is 0 Å². The van der Waals surface area contributed by atoms with Crippen molar-refractivity contribution in [3.8, 4) is 0 Å². The van der Waals surface area contributed by atoms with E-state index in [9.17, 15) is 4.79 Å². The molecule has 0 atom stereocenters. The molecular formula is C9H16N2O. The van der Waals surface area contributed by atoms with Crippen molar-refractivity contribution in [2.75, 3.05) is 6.54 Å². The fourth-order valence-electron chi connectivity index (χ4n) is 1.70. The van der Waals surface area contributed by atoms with Gasteiger partial charge in [0.1, 0.15) is 0 Å². The average molecular weight is 168 g/mol. The van der Waals surface area contributed by atoms with Crippen LogP contribution in [-0.4, -0.2) is 18.0 Å². The lowest BCUT2D eigenvalue weighted by Gasteiger charge is -2.39. The Morgan fingerprint density at radius 3 is 2.50 bits per heavy atom. The Bertz CT molecular complexity index is 195. The number of primary amides is 1. The van der Waals surface area contributed by atoms with Gasteiger partial charge in [0.2, 0.25) is 5.91 Å². The maximum atomic E-state index is 11.1. The molecule has 0 radical (unpaired) electrons. The fraction of sp³-hybridized carbons (Fsp3) is 0.889. The van der Waals surface area contributed by atoms with Crippen molar-refractivity contribution in [1.29, 1.82) is 0 Å². The van der Waals surface area contributed by atoms with E-state index in [0.29, 0.717) is 0 Å². The molecule has 0 saturated heterocycles. The standard InChI is InChI=1S/C9H16N2O/c10-8(12)9(4-1-5-9)11-6-7-2-3-7/h7,11H,1-6H2,(H2,10,12). The second-order valence-corrected chi connectivity index (χ2v) is 4.12. The summed E-state index contributed by atoms with van der Waals surface area (Å²) in [6.07, 6.45) is 5.66. The minimum atomic E-state index is -0.317. The summed E-state index contributed by atoms with van der Waals surface area (Å²) in [5, 5.41) is 3.32. The number of carbonyl (C=O) groups is 1. The Labute approximate surface area is 72.7 Å². The third-order valence-corrected chi connectivity index (χ3v) is 3.10. The lowest BCUT2D eigenvalue weighted by atomic mass is 9.76. The van der Waals surface area contributed by atoms with Gasteiger partial charge in [0.25, 0.3) is 0 Å². The number of nitrogens with two attached hydrogens (primary N) is 1. The van der Waals surface area contributed by atoms with Crippen molar-refractivity contribution in [3.05, 3.63) is 0 Å². The zero-order valence-corrected chi connectivity index (χ0v) is 7.31. The predicted molar refractivity (Wildman–Crippen MR) is 46.5 cm³/mol. The Morgan fingerprint density at radius 2 is 2.17 bits per heavy atom. The van der Waals surface area contributed by atoms with Crippen molar-refractivity contribution in [2.45, 2.75) is 37.6 Å². The van der Waals surface area contributed by atoms with E-state index in [0.717, 1.165) is 31.7 Å². The Hall–Kier alpha value is -0.570. The molecule has 3 N–H and O–H groups in total. The molecule has 68 valence electrons. The van der Waals surface area contributed by atoms with Gasteiger partial charge in [0.15, 0.2) is 0 Å². The van der Waals surface area contributed by atoms with Gasteiger partial charge in [-0.05, 0) is 44.6 Å². The molecule has 2 rings (SSSR count). The van der Waals surface area contributed by atoms with Crippen LogP contribution in [0.1, 0.15) is 32.1 Å². The smallest absolute Gasteiger partial charge is 0.237 e. The van der Waals surface area contributed by atoms with E-state index in [1.165, 1.54) is 12.8 Å². The van der Waals surface area contributed by atoms with Gasteiger partial charge in [-0.25, -0.2) is 0 Å². The van der Waals surface area contributed by atoms with Crippen molar-refractivity contribution in [2.24, 2.45) is 11.7 Å². The van der Waals surface area contributed by atoms with Crippen LogP contribution in [0.5, 0.6) is 0 Å².